The lowest BCUT2D eigenvalue weighted by Gasteiger charge is -2.31. The van der Waals surface area contributed by atoms with Crippen molar-refractivity contribution in [3.63, 3.8) is 0 Å². The van der Waals surface area contributed by atoms with Crippen LogP contribution in [0.2, 0.25) is 0 Å². The summed E-state index contributed by atoms with van der Waals surface area (Å²) in [5, 5.41) is 0. The maximum Gasteiger partial charge on any atom is 0.137 e. The maximum atomic E-state index is 5.21. The van der Waals surface area contributed by atoms with E-state index in [1.54, 1.807) is 7.11 Å². The van der Waals surface area contributed by atoms with Gasteiger partial charge in [-0.05, 0) is 37.4 Å². The molecule has 1 aromatic carbocycles. The molecule has 1 aliphatic heterocycles. The quantitative estimate of drug-likeness (QED) is 0.919. The molecule has 0 aliphatic carbocycles. The first-order valence-electron chi connectivity index (χ1n) is 7.66. The summed E-state index contributed by atoms with van der Waals surface area (Å²) >= 11 is 1.91. The molecule has 1 atom stereocenters. The number of H-pyrrole nitrogens is 1. The largest absolute Gasteiger partial charge is 0.497 e. The first-order chi connectivity index (χ1) is 10.7. The lowest BCUT2D eigenvalue weighted by molar-refractivity contribution is 0.203. The Balaban J connectivity index is 1.78. The Hall–Kier alpha value is -1.46. The molecule has 0 spiro atoms. The molecule has 0 radical (unpaired) electrons. The number of ether oxygens (including phenoxy) is 1. The minimum Gasteiger partial charge on any atom is -0.497 e. The smallest absolute Gasteiger partial charge is 0.137 e. The fraction of sp³-hybridized carbons (Fsp3) is 0.471. The van der Waals surface area contributed by atoms with E-state index in [0.29, 0.717) is 6.04 Å². The fourth-order valence-electron chi connectivity index (χ4n) is 2.92. The van der Waals surface area contributed by atoms with Crippen LogP contribution in [0.25, 0.3) is 11.4 Å². The number of benzene rings is 1. The van der Waals surface area contributed by atoms with Crippen LogP contribution in [0.5, 0.6) is 5.75 Å². The molecule has 2 aromatic rings. The van der Waals surface area contributed by atoms with Crippen LogP contribution in [0.4, 0.5) is 0 Å². The second-order valence-corrected chi connectivity index (χ2v) is 6.67. The Kier molecular flexibility index (Phi) is 4.74. The van der Waals surface area contributed by atoms with Gasteiger partial charge >= 0.3 is 0 Å². The zero-order valence-electron chi connectivity index (χ0n) is 13.4. The van der Waals surface area contributed by atoms with Gasteiger partial charge in [0.2, 0.25) is 0 Å². The van der Waals surface area contributed by atoms with Crippen molar-refractivity contribution in [1.29, 1.82) is 0 Å². The van der Waals surface area contributed by atoms with Gasteiger partial charge in [0.1, 0.15) is 11.6 Å². The van der Waals surface area contributed by atoms with Crippen molar-refractivity contribution in [3.05, 3.63) is 35.7 Å². The molecule has 3 rings (SSSR count). The second kappa shape index (κ2) is 6.75. The predicted octanol–water partition coefficient (Wildman–Crippen LogP) is 3.19. The molecule has 22 heavy (non-hydrogen) atoms. The van der Waals surface area contributed by atoms with E-state index in [1.807, 2.05) is 23.9 Å². The Bertz CT molecular complexity index is 623. The number of thioether (sulfide) groups is 1. The van der Waals surface area contributed by atoms with E-state index < -0.39 is 0 Å². The van der Waals surface area contributed by atoms with E-state index in [-0.39, 0.29) is 0 Å². The van der Waals surface area contributed by atoms with Crippen molar-refractivity contribution in [2.24, 2.45) is 0 Å². The number of aromatic nitrogens is 2. The average Bonchev–Trinajstić information content (AvgIpc) is 2.98. The summed E-state index contributed by atoms with van der Waals surface area (Å²) in [4.78, 5) is 10.8. The lowest BCUT2D eigenvalue weighted by atomic mass is 10.1. The van der Waals surface area contributed by atoms with E-state index >= 15 is 0 Å². The number of nitrogens with one attached hydrogen (secondary N) is 1. The summed E-state index contributed by atoms with van der Waals surface area (Å²) in [6.45, 7) is 4.38. The Labute approximate surface area is 136 Å². The van der Waals surface area contributed by atoms with Crippen LogP contribution in [0.15, 0.2) is 24.3 Å². The molecule has 0 saturated carbocycles. The summed E-state index contributed by atoms with van der Waals surface area (Å²) in [6.07, 6.45) is 3.20. The molecule has 5 heteroatoms. The number of imidazole rings is 1. The standard InChI is InChI=1S/C17H23N3OS/c1-12(11-22-3)20-9-8-15-16(10-20)19-17(18-15)13-4-6-14(21-2)7-5-13/h4-7,12H,8-11H2,1-3H3,(H,18,19)/t12-/m0/s1. The highest BCUT2D eigenvalue weighted by molar-refractivity contribution is 7.98. The van der Waals surface area contributed by atoms with Gasteiger partial charge < -0.3 is 9.72 Å². The summed E-state index contributed by atoms with van der Waals surface area (Å²) in [6, 6.07) is 8.66. The molecule has 0 amide bonds. The molecule has 0 unspecified atom stereocenters. The van der Waals surface area contributed by atoms with E-state index in [0.717, 1.165) is 36.6 Å². The van der Waals surface area contributed by atoms with Crippen LogP contribution in [-0.4, -0.2) is 46.6 Å². The van der Waals surface area contributed by atoms with E-state index in [1.165, 1.54) is 17.1 Å². The number of hydrogen-bond acceptors (Lipinski definition) is 4. The lowest BCUT2D eigenvalue weighted by Crippen LogP contribution is -2.38. The van der Waals surface area contributed by atoms with E-state index in [4.69, 9.17) is 9.72 Å². The minimum atomic E-state index is 0.607. The highest BCUT2D eigenvalue weighted by Gasteiger charge is 2.23. The van der Waals surface area contributed by atoms with Crippen molar-refractivity contribution in [3.8, 4) is 17.1 Å². The van der Waals surface area contributed by atoms with Gasteiger partial charge in [-0.2, -0.15) is 11.8 Å². The first kappa shape index (κ1) is 15.4. The van der Waals surface area contributed by atoms with Crippen LogP contribution in [0.1, 0.15) is 18.3 Å². The summed E-state index contributed by atoms with van der Waals surface area (Å²) in [5.41, 5.74) is 3.60. The molecule has 1 aliphatic rings. The highest BCUT2D eigenvalue weighted by Crippen LogP contribution is 2.25. The third-order valence-corrected chi connectivity index (χ3v) is 5.07. The number of hydrogen-bond donors (Lipinski definition) is 1. The summed E-state index contributed by atoms with van der Waals surface area (Å²) in [7, 11) is 1.69. The molecule has 0 fully saturated rings. The molecule has 118 valence electrons. The number of nitrogens with zero attached hydrogens (tertiary/aromatic N) is 2. The molecule has 4 nitrogen and oxygen atoms in total. The van der Waals surface area contributed by atoms with Crippen molar-refractivity contribution in [2.75, 3.05) is 25.7 Å². The second-order valence-electron chi connectivity index (χ2n) is 5.76. The Morgan fingerprint density at radius 3 is 2.82 bits per heavy atom. The Morgan fingerprint density at radius 1 is 1.36 bits per heavy atom. The van der Waals surface area contributed by atoms with E-state index in [2.05, 4.69) is 35.2 Å². The van der Waals surface area contributed by atoms with Gasteiger partial charge in [-0.25, -0.2) is 4.98 Å². The van der Waals surface area contributed by atoms with Gasteiger partial charge in [-0.1, -0.05) is 0 Å². The molecular formula is C17H23N3OS. The molecular weight excluding hydrogens is 294 g/mol. The number of methoxy groups -OCH3 is 1. The monoisotopic (exact) mass is 317 g/mol. The maximum absolute atomic E-state index is 5.21. The molecule has 2 heterocycles. The fourth-order valence-corrected chi connectivity index (χ4v) is 3.62. The van der Waals surface area contributed by atoms with Crippen LogP contribution in [0.3, 0.4) is 0 Å². The average molecular weight is 317 g/mol. The Morgan fingerprint density at radius 2 is 2.14 bits per heavy atom. The van der Waals surface area contributed by atoms with Gasteiger partial charge in [0.15, 0.2) is 0 Å². The van der Waals surface area contributed by atoms with Crippen LogP contribution >= 0.6 is 11.8 Å². The first-order valence-corrected chi connectivity index (χ1v) is 9.06. The molecule has 1 N–H and O–H groups in total. The van der Waals surface area contributed by atoms with Crippen molar-refractivity contribution in [1.82, 2.24) is 14.9 Å². The minimum absolute atomic E-state index is 0.607. The van der Waals surface area contributed by atoms with Crippen molar-refractivity contribution in [2.45, 2.75) is 25.9 Å². The number of fused-ring (bicyclic) bond motifs is 1. The van der Waals surface area contributed by atoms with Gasteiger partial charge in [0, 0.05) is 36.9 Å². The zero-order chi connectivity index (χ0) is 15.5. The number of aromatic amines is 1. The van der Waals surface area contributed by atoms with E-state index in [9.17, 15) is 0 Å². The third kappa shape index (κ3) is 3.15. The SMILES string of the molecule is COc1ccc(-c2nc3c([nH]2)CN([C@@H](C)CSC)CC3)cc1. The van der Waals surface area contributed by atoms with Crippen LogP contribution in [0, 0.1) is 0 Å². The van der Waals surface area contributed by atoms with Crippen LogP contribution in [-0.2, 0) is 13.0 Å². The van der Waals surface area contributed by atoms with Crippen LogP contribution < -0.4 is 4.74 Å². The predicted molar refractivity (Wildman–Crippen MR) is 92.5 cm³/mol. The molecule has 0 saturated heterocycles. The van der Waals surface area contributed by atoms with Gasteiger partial charge in [-0.15, -0.1) is 0 Å². The highest BCUT2D eigenvalue weighted by atomic mass is 32.2. The van der Waals surface area contributed by atoms with Gasteiger partial charge in [0.05, 0.1) is 18.5 Å². The summed E-state index contributed by atoms with van der Waals surface area (Å²) in [5.74, 6) is 3.01. The topological polar surface area (TPSA) is 41.1 Å². The molecule has 0 bridgehead atoms. The van der Waals surface area contributed by atoms with Crippen molar-refractivity contribution >= 4 is 11.8 Å². The zero-order valence-corrected chi connectivity index (χ0v) is 14.2. The number of rotatable bonds is 5. The third-order valence-electron chi connectivity index (χ3n) is 4.26. The van der Waals surface area contributed by atoms with Gasteiger partial charge in [-0.3, -0.25) is 4.90 Å². The van der Waals surface area contributed by atoms with Gasteiger partial charge in [0.25, 0.3) is 0 Å². The summed E-state index contributed by atoms with van der Waals surface area (Å²) < 4.78 is 5.21. The van der Waals surface area contributed by atoms with Crippen molar-refractivity contribution < 1.29 is 4.74 Å². The normalized spacial score (nSPS) is 16.3. The molecule has 1 aromatic heterocycles.